The molecule has 0 spiro atoms. The van der Waals surface area contributed by atoms with Gasteiger partial charge in [0.2, 0.25) is 5.78 Å². The first-order valence-electron chi connectivity index (χ1n) is 13.6. The quantitative estimate of drug-likeness (QED) is 0.154. The van der Waals surface area contributed by atoms with Gasteiger partial charge < -0.3 is 16.7 Å². The number of fused-ring (bicyclic) bond motifs is 7. The molecule has 5 rings (SSSR count). The summed E-state index contributed by atoms with van der Waals surface area (Å²) >= 11 is 0. The predicted octanol–water partition coefficient (Wildman–Crippen LogP) is 6.73. The van der Waals surface area contributed by atoms with E-state index < -0.39 is 0 Å². The highest BCUT2D eigenvalue weighted by Crippen LogP contribution is 2.69. The number of nitrogens with two attached hydrogens (primary N) is 2. The highest BCUT2D eigenvalue weighted by Gasteiger charge is 2.60. The highest BCUT2D eigenvalue weighted by atomic mass is 16.3. The molecule has 0 bridgehead atoms. The second kappa shape index (κ2) is 9.99. The molecule has 35 heavy (non-hydrogen) atoms. The van der Waals surface area contributed by atoms with Gasteiger partial charge in [0, 0.05) is 11.0 Å². The standard InChI is InChI=1S/C27H36O2.C2H6.CH5N3/c1-16-8-10-25(3)12-13-27(5)19(21(25)14-16)9-11-26(4)20-15-22(28)24(29)17(2)18(20)6-7-23(26)27;1-2;2-1-4-3/h6-7,15-16,19,21,29H,8-14H2,1-5H3;1-2H3;1H,3H2,(H2,2,4). The van der Waals surface area contributed by atoms with Gasteiger partial charge in [-0.1, -0.05) is 65.7 Å². The zero-order valence-electron chi connectivity index (χ0n) is 22.9. The third-order valence-electron chi connectivity index (χ3n) is 10.1. The molecule has 194 valence electrons. The lowest BCUT2D eigenvalue weighted by molar-refractivity contribution is -0.114. The average molecular weight is 482 g/mol. The molecule has 0 aromatic carbocycles. The second-order valence-electron chi connectivity index (χ2n) is 11.9. The van der Waals surface area contributed by atoms with Crippen molar-refractivity contribution in [1.82, 2.24) is 0 Å². The van der Waals surface area contributed by atoms with Crippen molar-refractivity contribution in [1.29, 1.82) is 0 Å². The Morgan fingerprint density at radius 1 is 1.06 bits per heavy atom. The molecule has 0 radical (unpaired) electrons. The van der Waals surface area contributed by atoms with Gasteiger partial charge in [0.05, 0.1) is 0 Å². The van der Waals surface area contributed by atoms with Crippen molar-refractivity contribution < 1.29 is 9.90 Å². The summed E-state index contributed by atoms with van der Waals surface area (Å²) in [7, 11) is 0. The van der Waals surface area contributed by atoms with Gasteiger partial charge in [-0.3, -0.25) is 4.79 Å². The first-order chi connectivity index (χ1) is 16.5. The van der Waals surface area contributed by atoms with Crippen LogP contribution in [0, 0.1) is 34.0 Å². The Balaban J connectivity index is 0.000000521. The highest BCUT2D eigenvalue weighted by molar-refractivity contribution is 6.06. The number of hydrogen-bond donors (Lipinski definition) is 3. The molecule has 3 saturated carbocycles. The predicted molar refractivity (Wildman–Crippen MR) is 146 cm³/mol. The zero-order chi connectivity index (χ0) is 26.2. The molecule has 0 heterocycles. The van der Waals surface area contributed by atoms with Gasteiger partial charge >= 0.3 is 0 Å². The molecule has 5 N–H and O–H groups in total. The molecule has 5 nitrogen and oxygen atoms in total. The molecular formula is C30H47N3O2. The maximum absolute atomic E-state index is 12.5. The number of carbonyl (C=O) groups is 1. The number of carbonyl (C=O) groups excluding carboxylic acids is 1. The summed E-state index contributed by atoms with van der Waals surface area (Å²) < 4.78 is 0. The van der Waals surface area contributed by atoms with E-state index in [1.807, 2.05) is 20.8 Å². The van der Waals surface area contributed by atoms with Crippen LogP contribution in [0.25, 0.3) is 0 Å². The number of hydrazone groups is 1. The van der Waals surface area contributed by atoms with E-state index >= 15 is 0 Å². The Bertz CT molecular complexity index is 999. The van der Waals surface area contributed by atoms with Crippen LogP contribution in [0.15, 0.2) is 51.4 Å². The average Bonchev–Trinajstić information content (AvgIpc) is 2.85. The number of hydrogen-bond acceptors (Lipinski definition) is 4. The number of ketones is 1. The van der Waals surface area contributed by atoms with E-state index in [0.29, 0.717) is 5.41 Å². The smallest absolute Gasteiger partial charge is 0.220 e. The van der Waals surface area contributed by atoms with Crippen molar-refractivity contribution in [2.45, 2.75) is 93.4 Å². The lowest BCUT2D eigenvalue weighted by atomic mass is 9.40. The molecule has 0 aromatic rings. The third-order valence-corrected chi connectivity index (χ3v) is 10.1. The fourth-order valence-electron chi connectivity index (χ4n) is 8.08. The Morgan fingerprint density at radius 3 is 2.34 bits per heavy atom. The van der Waals surface area contributed by atoms with Gasteiger partial charge in [-0.05, 0) is 91.3 Å². The Morgan fingerprint density at radius 2 is 1.71 bits per heavy atom. The van der Waals surface area contributed by atoms with Gasteiger partial charge in [0.1, 0.15) is 6.34 Å². The minimum atomic E-state index is -0.221. The van der Waals surface area contributed by atoms with Crippen molar-refractivity contribution in [3.8, 4) is 0 Å². The fourth-order valence-corrected chi connectivity index (χ4v) is 8.08. The molecular weight excluding hydrogens is 434 g/mol. The van der Waals surface area contributed by atoms with E-state index in [9.17, 15) is 9.90 Å². The summed E-state index contributed by atoms with van der Waals surface area (Å²) in [5, 5.41) is 13.1. The summed E-state index contributed by atoms with van der Waals surface area (Å²) in [4.78, 5) is 12.5. The van der Waals surface area contributed by atoms with Crippen molar-refractivity contribution in [2.24, 2.45) is 50.7 Å². The Labute approximate surface area is 212 Å². The van der Waals surface area contributed by atoms with Crippen LogP contribution in [0.3, 0.4) is 0 Å². The van der Waals surface area contributed by atoms with Gasteiger partial charge in [-0.2, -0.15) is 5.10 Å². The Kier molecular flexibility index (Phi) is 7.79. The summed E-state index contributed by atoms with van der Waals surface area (Å²) in [5.41, 5.74) is 9.79. The number of aliphatic hydroxyl groups is 1. The van der Waals surface area contributed by atoms with Crippen molar-refractivity contribution in [3.05, 3.63) is 46.3 Å². The monoisotopic (exact) mass is 481 g/mol. The van der Waals surface area contributed by atoms with E-state index in [4.69, 9.17) is 0 Å². The lowest BCUT2D eigenvalue weighted by Crippen LogP contribution is -2.55. The van der Waals surface area contributed by atoms with Crippen LogP contribution in [0.4, 0.5) is 0 Å². The summed E-state index contributed by atoms with van der Waals surface area (Å²) in [6, 6.07) is 0. The second-order valence-corrected chi connectivity index (χ2v) is 11.9. The normalized spacial score (nSPS) is 39.8. The SMILES string of the molecule is CC.CC1=C(O)C(=O)C=C2C1=CC=C1C2(C)CCC2C3CC(C)CCC3(C)CCC12C.N/C=N\N. The maximum Gasteiger partial charge on any atom is 0.220 e. The number of rotatable bonds is 0. The van der Waals surface area contributed by atoms with E-state index in [-0.39, 0.29) is 22.4 Å². The van der Waals surface area contributed by atoms with E-state index in [0.717, 1.165) is 47.2 Å². The summed E-state index contributed by atoms with van der Waals surface area (Å²) in [6.07, 6.45) is 16.5. The zero-order valence-corrected chi connectivity index (χ0v) is 22.9. The molecule has 6 atom stereocenters. The topological polar surface area (TPSA) is 102 Å². The summed E-state index contributed by atoms with van der Waals surface area (Å²) in [6.45, 7) is 15.8. The van der Waals surface area contributed by atoms with Crippen molar-refractivity contribution >= 4 is 12.1 Å². The molecule has 5 aliphatic rings. The van der Waals surface area contributed by atoms with E-state index in [1.54, 1.807) is 11.6 Å². The largest absolute Gasteiger partial charge is 0.504 e. The molecule has 3 fully saturated rings. The van der Waals surface area contributed by atoms with Gasteiger partial charge in [0.15, 0.2) is 5.76 Å². The van der Waals surface area contributed by atoms with Crippen molar-refractivity contribution in [2.75, 3.05) is 0 Å². The molecule has 0 aromatic heterocycles. The van der Waals surface area contributed by atoms with Crippen LogP contribution in [-0.4, -0.2) is 17.2 Å². The lowest BCUT2D eigenvalue weighted by Gasteiger charge is -2.64. The molecule has 0 saturated heterocycles. The molecule has 0 aliphatic heterocycles. The molecule has 5 heteroatoms. The van der Waals surface area contributed by atoms with Crippen molar-refractivity contribution in [3.63, 3.8) is 0 Å². The number of nitrogens with zero attached hydrogens (tertiary/aromatic N) is 1. The molecule has 6 unspecified atom stereocenters. The van der Waals surface area contributed by atoms with E-state index in [1.165, 1.54) is 38.5 Å². The fraction of sp³-hybridized carbons (Fsp3) is 0.667. The number of allylic oxidation sites excluding steroid dienone is 7. The first-order valence-corrected chi connectivity index (χ1v) is 13.6. The molecule has 0 amide bonds. The minimum absolute atomic E-state index is 0.0787. The molecule has 5 aliphatic carbocycles. The summed E-state index contributed by atoms with van der Waals surface area (Å²) in [5.74, 6) is 6.60. The first kappa shape index (κ1) is 27.3. The van der Waals surface area contributed by atoms with E-state index in [2.05, 4.69) is 56.5 Å². The van der Waals surface area contributed by atoms with Crippen LogP contribution in [-0.2, 0) is 4.79 Å². The van der Waals surface area contributed by atoms with Crippen LogP contribution in [0.1, 0.15) is 93.4 Å². The minimum Gasteiger partial charge on any atom is -0.504 e. The van der Waals surface area contributed by atoms with Gasteiger partial charge in [-0.25, -0.2) is 0 Å². The van der Waals surface area contributed by atoms with Crippen LogP contribution >= 0.6 is 0 Å². The number of aliphatic hydroxyl groups excluding tert-OH is 1. The third kappa shape index (κ3) is 4.29. The Hall–Kier alpha value is -2.30. The van der Waals surface area contributed by atoms with Gasteiger partial charge in [0.25, 0.3) is 0 Å². The maximum atomic E-state index is 12.5. The van der Waals surface area contributed by atoms with Crippen LogP contribution < -0.4 is 11.6 Å². The van der Waals surface area contributed by atoms with Gasteiger partial charge in [-0.15, -0.1) is 0 Å². The van der Waals surface area contributed by atoms with Crippen LogP contribution in [0.5, 0.6) is 0 Å². The van der Waals surface area contributed by atoms with Crippen LogP contribution in [0.2, 0.25) is 0 Å².